The predicted octanol–water partition coefficient (Wildman–Crippen LogP) is 3.98. The number of fused-ring (bicyclic) bond motifs is 1. The summed E-state index contributed by atoms with van der Waals surface area (Å²) < 4.78 is 5.86. The standard InChI is InChI=1S/C19H14N2O3S/c22-18-17(25-19(23)21-18)8-13-10-20-16-7-6-14(9-15(13)16)24-11-12-4-2-1-3-5-12/h1-10,22H,11H2,(H,21,23)/b13-8+. The molecule has 1 aromatic heterocycles. The van der Waals surface area contributed by atoms with E-state index in [2.05, 4.69) is 9.98 Å². The molecule has 0 spiro atoms. The maximum Gasteiger partial charge on any atom is 0.307 e. The van der Waals surface area contributed by atoms with Gasteiger partial charge in [0, 0.05) is 17.4 Å². The molecule has 25 heavy (non-hydrogen) atoms. The Kier molecular flexibility index (Phi) is 3.95. The minimum Gasteiger partial charge on any atom is -0.493 e. The average Bonchev–Trinajstić information content (AvgIpc) is 3.17. The number of rotatable bonds is 4. The van der Waals surface area contributed by atoms with Gasteiger partial charge in [0.15, 0.2) is 0 Å². The van der Waals surface area contributed by atoms with Crippen molar-refractivity contribution in [1.82, 2.24) is 4.98 Å². The van der Waals surface area contributed by atoms with Crippen molar-refractivity contribution in [3.05, 3.63) is 74.2 Å². The molecule has 4 rings (SSSR count). The molecule has 0 saturated heterocycles. The van der Waals surface area contributed by atoms with E-state index in [1.165, 1.54) is 0 Å². The highest BCUT2D eigenvalue weighted by Gasteiger charge is 2.15. The molecule has 6 heteroatoms. The summed E-state index contributed by atoms with van der Waals surface area (Å²) in [5.74, 6) is 0.617. The highest BCUT2D eigenvalue weighted by atomic mass is 32.1. The lowest BCUT2D eigenvalue weighted by molar-refractivity contribution is 0.306. The molecule has 0 bridgehead atoms. The van der Waals surface area contributed by atoms with Gasteiger partial charge in [0.25, 0.3) is 0 Å². The van der Waals surface area contributed by atoms with E-state index in [1.807, 2.05) is 48.5 Å². The summed E-state index contributed by atoms with van der Waals surface area (Å²) >= 11 is 0.957. The van der Waals surface area contributed by atoms with Crippen molar-refractivity contribution in [1.29, 1.82) is 0 Å². The molecule has 1 aliphatic rings. The zero-order chi connectivity index (χ0) is 17.2. The number of thiazole rings is 1. The van der Waals surface area contributed by atoms with Crippen molar-refractivity contribution >= 4 is 34.9 Å². The Morgan fingerprint density at radius 1 is 1.20 bits per heavy atom. The van der Waals surface area contributed by atoms with E-state index in [0.29, 0.717) is 11.5 Å². The molecule has 0 atom stereocenters. The van der Waals surface area contributed by atoms with Crippen LogP contribution in [0.25, 0.3) is 11.6 Å². The molecule has 2 heterocycles. The SMILES string of the molecule is O=c1[nH]c(O)c(/C=C2\C=Nc3ccc(OCc4ccccc4)cc32)s1. The van der Waals surface area contributed by atoms with Crippen LogP contribution in [0.15, 0.2) is 58.3 Å². The molecular formula is C19H14N2O3S. The summed E-state index contributed by atoms with van der Waals surface area (Å²) in [6.07, 6.45) is 3.46. The van der Waals surface area contributed by atoms with Crippen LogP contribution in [0.1, 0.15) is 16.0 Å². The van der Waals surface area contributed by atoms with Gasteiger partial charge in [-0.2, -0.15) is 0 Å². The molecule has 5 nitrogen and oxygen atoms in total. The molecule has 0 fully saturated rings. The number of benzene rings is 2. The molecule has 2 N–H and O–H groups in total. The number of aromatic amines is 1. The summed E-state index contributed by atoms with van der Waals surface area (Å²) in [6.45, 7) is 0.486. The van der Waals surface area contributed by atoms with Crippen LogP contribution in [0.2, 0.25) is 0 Å². The van der Waals surface area contributed by atoms with Gasteiger partial charge in [0.2, 0.25) is 5.88 Å². The zero-order valence-corrected chi connectivity index (χ0v) is 13.9. The Morgan fingerprint density at radius 2 is 2.04 bits per heavy atom. The highest BCUT2D eigenvalue weighted by molar-refractivity contribution is 7.10. The molecule has 0 aliphatic carbocycles. The fourth-order valence-electron chi connectivity index (χ4n) is 2.58. The molecule has 0 unspecified atom stereocenters. The predicted molar refractivity (Wildman–Crippen MR) is 99.8 cm³/mol. The van der Waals surface area contributed by atoms with Gasteiger partial charge >= 0.3 is 4.87 Å². The number of nitrogens with zero attached hydrogens (tertiary/aromatic N) is 1. The maximum atomic E-state index is 11.3. The number of hydrogen-bond acceptors (Lipinski definition) is 5. The second-order valence-corrected chi connectivity index (χ2v) is 6.55. The Balaban J connectivity index is 1.60. The number of ether oxygens (including phenoxy) is 1. The van der Waals surface area contributed by atoms with Gasteiger partial charge in [-0.3, -0.25) is 14.8 Å². The van der Waals surface area contributed by atoms with Gasteiger partial charge in [-0.05, 0) is 29.8 Å². The monoisotopic (exact) mass is 350 g/mol. The summed E-state index contributed by atoms with van der Waals surface area (Å²) in [5.41, 5.74) is 3.66. The van der Waals surface area contributed by atoms with Crippen LogP contribution >= 0.6 is 11.3 Å². The molecule has 0 radical (unpaired) electrons. The van der Waals surface area contributed by atoms with Crippen molar-refractivity contribution < 1.29 is 9.84 Å². The maximum absolute atomic E-state index is 11.3. The van der Waals surface area contributed by atoms with Crippen LogP contribution < -0.4 is 9.61 Å². The fraction of sp³-hybridized carbons (Fsp3) is 0.0526. The van der Waals surface area contributed by atoms with Crippen LogP contribution in [-0.4, -0.2) is 16.3 Å². The third-order valence-corrected chi connectivity index (χ3v) is 4.63. The minimum atomic E-state index is -0.292. The van der Waals surface area contributed by atoms with Crippen LogP contribution in [0.5, 0.6) is 11.6 Å². The number of hydrogen-bond donors (Lipinski definition) is 2. The Bertz CT molecular complexity index is 1030. The second kappa shape index (κ2) is 6.41. The van der Waals surface area contributed by atoms with Crippen molar-refractivity contribution in [3.8, 4) is 11.6 Å². The van der Waals surface area contributed by atoms with E-state index < -0.39 is 0 Å². The number of aromatic hydroxyl groups is 1. The van der Waals surface area contributed by atoms with E-state index in [1.54, 1.807) is 12.3 Å². The topological polar surface area (TPSA) is 74.7 Å². The minimum absolute atomic E-state index is 0.124. The number of nitrogens with one attached hydrogen (secondary N) is 1. The summed E-state index contributed by atoms with van der Waals surface area (Å²) in [5, 5.41) is 9.75. The summed E-state index contributed by atoms with van der Waals surface area (Å²) in [4.78, 5) is 18.2. The van der Waals surface area contributed by atoms with Crippen LogP contribution in [0.4, 0.5) is 5.69 Å². The number of allylic oxidation sites excluding steroid dienone is 1. The number of aromatic nitrogens is 1. The molecule has 0 saturated carbocycles. The Labute approximate surface area is 147 Å². The zero-order valence-electron chi connectivity index (χ0n) is 13.1. The smallest absolute Gasteiger partial charge is 0.307 e. The van der Waals surface area contributed by atoms with E-state index in [9.17, 15) is 9.90 Å². The van der Waals surface area contributed by atoms with Gasteiger partial charge in [0.05, 0.1) is 10.6 Å². The lowest BCUT2D eigenvalue weighted by Crippen LogP contribution is -1.95. The first kappa shape index (κ1) is 15.4. The van der Waals surface area contributed by atoms with Crippen molar-refractivity contribution in [3.63, 3.8) is 0 Å². The van der Waals surface area contributed by atoms with Crippen LogP contribution in [-0.2, 0) is 6.61 Å². The first-order chi connectivity index (χ1) is 12.2. The first-order valence-electron chi connectivity index (χ1n) is 7.68. The first-order valence-corrected chi connectivity index (χ1v) is 8.50. The van der Waals surface area contributed by atoms with Gasteiger partial charge in [-0.1, -0.05) is 41.7 Å². The normalized spacial score (nSPS) is 14.0. The summed E-state index contributed by atoms with van der Waals surface area (Å²) in [7, 11) is 0. The van der Waals surface area contributed by atoms with Crippen LogP contribution in [0, 0.1) is 0 Å². The number of aliphatic imine (C=N–C) groups is 1. The van der Waals surface area contributed by atoms with E-state index in [-0.39, 0.29) is 10.8 Å². The fourth-order valence-corrected chi connectivity index (χ4v) is 3.27. The lowest BCUT2D eigenvalue weighted by Gasteiger charge is -2.08. The molecule has 0 amide bonds. The molecule has 2 aromatic carbocycles. The Hall–Kier alpha value is -3.12. The molecule has 3 aromatic rings. The number of H-pyrrole nitrogens is 1. The second-order valence-electron chi connectivity index (χ2n) is 5.54. The van der Waals surface area contributed by atoms with Gasteiger partial charge in [0.1, 0.15) is 12.4 Å². The quantitative estimate of drug-likeness (QED) is 0.747. The Morgan fingerprint density at radius 3 is 2.80 bits per heavy atom. The van der Waals surface area contributed by atoms with Gasteiger partial charge in [-0.25, -0.2) is 0 Å². The van der Waals surface area contributed by atoms with E-state index in [0.717, 1.165) is 39.5 Å². The largest absolute Gasteiger partial charge is 0.493 e. The van der Waals surface area contributed by atoms with Crippen LogP contribution in [0.3, 0.4) is 0 Å². The van der Waals surface area contributed by atoms with E-state index >= 15 is 0 Å². The highest BCUT2D eigenvalue weighted by Crippen LogP contribution is 2.36. The third-order valence-electron chi connectivity index (χ3n) is 3.81. The van der Waals surface area contributed by atoms with Crippen molar-refractivity contribution in [2.24, 2.45) is 4.99 Å². The van der Waals surface area contributed by atoms with E-state index in [4.69, 9.17) is 4.74 Å². The lowest BCUT2D eigenvalue weighted by atomic mass is 10.1. The average molecular weight is 350 g/mol. The summed E-state index contributed by atoms with van der Waals surface area (Å²) in [6, 6.07) is 15.6. The molecular weight excluding hydrogens is 336 g/mol. The molecule has 124 valence electrons. The van der Waals surface area contributed by atoms with Gasteiger partial charge < -0.3 is 9.84 Å². The van der Waals surface area contributed by atoms with Crippen molar-refractivity contribution in [2.45, 2.75) is 6.61 Å². The van der Waals surface area contributed by atoms with Crippen molar-refractivity contribution in [2.75, 3.05) is 0 Å². The molecule has 1 aliphatic heterocycles. The third kappa shape index (κ3) is 3.25. The van der Waals surface area contributed by atoms with Gasteiger partial charge in [-0.15, -0.1) is 0 Å².